The van der Waals surface area contributed by atoms with Gasteiger partial charge in [0, 0.05) is 5.75 Å². The van der Waals surface area contributed by atoms with Gasteiger partial charge in [0.15, 0.2) is 0 Å². The molecular weight excluding hydrogens is 334 g/mol. The van der Waals surface area contributed by atoms with Crippen LogP contribution in [0.4, 0.5) is 5.69 Å². The Hall–Kier alpha value is -2.79. The Kier molecular flexibility index (Phi) is 5.36. The van der Waals surface area contributed by atoms with Crippen molar-refractivity contribution in [2.24, 2.45) is 0 Å². The van der Waals surface area contributed by atoms with E-state index in [9.17, 15) is 9.59 Å². The molecule has 0 aliphatic heterocycles. The van der Waals surface area contributed by atoms with Crippen molar-refractivity contribution in [3.05, 3.63) is 77.9 Å². The lowest BCUT2D eigenvalue weighted by molar-refractivity contribution is -0.113. The van der Waals surface area contributed by atoms with Crippen LogP contribution in [0.3, 0.4) is 0 Å². The lowest BCUT2D eigenvalue weighted by atomic mass is 10.1. The number of amides is 1. The summed E-state index contributed by atoms with van der Waals surface area (Å²) in [6.07, 6.45) is 0. The van der Waals surface area contributed by atoms with Gasteiger partial charge in [-0.15, -0.1) is 11.8 Å². The second-order valence-corrected chi connectivity index (χ2v) is 6.52. The van der Waals surface area contributed by atoms with Crippen LogP contribution in [0.5, 0.6) is 0 Å². The van der Waals surface area contributed by atoms with Crippen LogP contribution in [-0.2, 0) is 10.5 Å². The van der Waals surface area contributed by atoms with Crippen molar-refractivity contribution in [3.63, 3.8) is 0 Å². The van der Waals surface area contributed by atoms with Gasteiger partial charge in [-0.25, -0.2) is 4.79 Å². The largest absolute Gasteiger partial charge is 0.478 e. The van der Waals surface area contributed by atoms with Gasteiger partial charge in [-0.2, -0.15) is 0 Å². The van der Waals surface area contributed by atoms with E-state index in [4.69, 9.17) is 5.11 Å². The van der Waals surface area contributed by atoms with Crippen LogP contribution in [0.1, 0.15) is 15.9 Å². The number of nitrogens with one attached hydrogen (secondary N) is 1. The molecule has 0 atom stereocenters. The molecule has 0 saturated carbocycles. The van der Waals surface area contributed by atoms with Crippen LogP contribution in [0.15, 0.2) is 66.7 Å². The molecule has 3 aromatic carbocycles. The van der Waals surface area contributed by atoms with Crippen LogP contribution in [0.25, 0.3) is 10.8 Å². The molecule has 4 nitrogen and oxygen atoms in total. The summed E-state index contributed by atoms with van der Waals surface area (Å²) in [6, 6.07) is 20.7. The predicted molar refractivity (Wildman–Crippen MR) is 102 cm³/mol. The molecule has 0 bridgehead atoms. The minimum atomic E-state index is -1.06. The average molecular weight is 351 g/mol. The highest BCUT2D eigenvalue weighted by atomic mass is 32.2. The molecule has 0 aromatic heterocycles. The summed E-state index contributed by atoms with van der Waals surface area (Å²) in [7, 11) is 0. The second-order valence-electron chi connectivity index (χ2n) is 5.53. The van der Waals surface area contributed by atoms with Crippen LogP contribution in [0.2, 0.25) is 0 Å². The lowest BCUT2D eigenvalue weighted by Crippen LogP contribution is -2.16. The van der Waals surface area contributed by atoms with Crippen molar-refractivity contribution < 1.29 is 14.7 Å². The summed E-state index contributed by atoms with van der Waals surface area (Å²) in [5, 5.41) is 14.2. The van der Waals surface area contributed by atoms with Gasteiger partial charge in [0.05, 0.1) is 17.0 Å². The summed E-state index contributed by atoms with van der Waals surface area (Å²) in [5.74, 6) is -0.287. The number of thioether (sulfide) groups is 1. The molecule has 2 N–H and O–H groups in total. The van der Waals surface area contributed by atoms with Crippen LogP contribution in [0, 0.1) is 0 Å². The predicted octanol–water partition coefficient (Wildman–Crippen LogP) is 4.41. The zero-order chi connectivity index (χ0) is 17.6. The first kappa shape index (κ1) is 17.0. The maximum atomic E-state index is 12.1. The average Bonchev–Trinajstić information content (AvgIpc) is 2.62. The fourth-order valence-corrected chi connectivity index (χ4v) is 3.47. The number of carbonyl (C=O) groups excluding carboxylic acids is 1. The van der Waals surface area contributed by atoms with E-state index in [1.54, 1.807) is 18.2 Å². The van der Waals surface area contributed by atoms with Gasteiger partial charge in [-0.1, -0.05) is 54.6 Å². The summed E-state index contributed by atoms with van der Waals surface area (Å²) in [6.45, 7) is 0. The molecule has 5 heteroatoms. The molecule has 3 aromatic rings. The molecule has 126 valence electrons. The van der Waals surface area contributed by atoms with Gasteiger partial charge in [0.25, 0.3) is 0 Å². The number of anilines is 1. The Morgan fingerprint density at radius 2 is 1.64 bits per heavy atom. The third-order valence-electron chi connectivity index (χ3n) is 3.80. The summed E-state index contributed by atoms with van der Waals surface area (Å²) in [5.41, 5.74) is 1.60. The van der Waals surface area contributed by atoms with E-state index in [0.29, 0.717) is 5.69 Å². The number of hydrogen-bond donors (Lipinski definition) is 2. The van der Waals surface area contributed by atoms with Gasteiger partial charge in [-0.05, 0) is 28.5 Å². The van der Waals surface area contributed by atoms with Crippen molar-refractivity contribution in [2.75, 3.05) is 11.1 Å². The first-order valence-electron chi connectivity index (χ1n) is 7.82. The molecular formula is C20H17NO3S. The zero-order valence-electron chi connectivity index (χ0n) is 13.4. The maximum absolute atomic E-state index is 12.1. The molecule has 0 saturated heterocycles. The Bertz CT molecular complexity index is 918. The van der Waals surface area contributed by atoms with Crippen LogP contribution in [-0.4, -0.2) is 22.7 Å². The number of fused-ring (bicyclic) bond motifs is 1. The van der Waals surface area contributed by atoms with E-state index in [2.05, 4.69) is 29.6 Å². The number of para-hydroxylation sites is 1. The van der Waals surface area contributed by atoms with Gasteiger partial charge in [-0.3, -0.25) is 4.79 Å². The van der Waals surface area contributed by atoms with Crippen molar-refractivity contribution in [3.8, 4) is 0 Å². The Balaban J connectivity index is 1.61. The fourth-order valence-electron chi connectivity index (χ4n) is 2.64. The molecule has 25 heavy (non-hydrogen) atoms. The van der Waals surface area contributed by atoms with E-state index in [1.807, 2.05) is 18.2 Å². The number of carboxylic acids is 1. The molecule has 0 heterocycles. The number of carboxylic acid groups (broad SMARTS) is 1. The fraction of sp³-hybridized carbons (Fsp3) is 0.100. The van der Waals surface area contributed by atoms with Gasteiger partial charge < -0.3 is 10.4 Å². The minimum absolute atomic E-state index is 0.0925. The smallest absolute Gasteiger partial charge is 0.337 e. The van der Waals surface area contributed by atoms with E-state index in [0.717, 1.165) is 5.75 Å². The molecule has 0 aliphatic carbocycles. The standard InChI is InChI=1S/C20H17NO3S/c22-19(21-18-11-4-3-10-17(18)20(23)24)13-25-12-15-8-5-7-14-6-1-2-9-16(14)15/h1-11H,12-13H2,(H,21,22)(H,23,24). The van der Waals surface area contributed by atoms with Crippen molar-refractivity contribution >= 4 is 40.1 Å². The number of carbonyl (C=O) groups is 2. The SMILES string of the molecule is O=C(CSCc1cccc2ccccc12)Nc1ccccc1C(=O)O. The first-order chi connectivity index (χ1) is 12.1. The Morgan fingerprint density at radius 1 is 0.920 bits per heavy atom. The molecule has 1 amide bonds. The summed E-state index contributed by atoms with van der Waals surface area (Å²) >= 11 is 1.50. The number of benzene rings is 3. The monoisotopic (exact) mass is 351 g/mol. The maximum Gasteiger partial charge on any atom is 0.337 e. The van der Waals surface area contributed by atoms with E-state index in [1.165, 1.54) is 34.2 Å². The molecule has 0 unspecified atom stereocenters. The minimum Gasteiger partial charge on any atom is -0.478 e. The number of rotatable bonds is 6. The van der Waals surface area contributed by atoms with Crippen LogP contribution < -0.4 is 5.32 Å². The van der Waals surface area contributed by atoms with Crippen molar-refractivity contribution in [2.45, 2.75) is 5.75 Å². The third kappa shape index (κ3) is 4.19. The number of hydrogen-bond acceptors (Lipinski definition) is 3. The van der Waals surface area contributed by atoms with E-state index >= 15 is 0 Å². The van der Waals surface area contributed by atoms with E-state index < -0.39 is 5.97 Å². The molecule has 3 rings (SSSR count). The number of aromatic carboxylic acids is 1. The molecule has 0 spiro atoms. The molecule has 0 radical (unpaired) electrons. The second kappa shape index (κ2) is 7.85. The quantitative estimate of drug-likeness (QED) is 0.690. The third-order valence-corrected chi connectivity index (χ3v) is 4.78. The van der Waals surface area contributed by atoms with E-state index in [-0.39, 0.29) is 17.2 Å². The highest BCUT2D eigenvalue weighted by Crippen LogP contribution is 2.23. The van der Waals surface area contributed by atoms with Gasteiger partial charge in [0.2, 0.25) is 5.91 Å². The Labute approximate surface area is 149 Å². The normalized spacial score (nSPS) is 10.6. The summed E-state index contributed by atoms with van der Waals surface area (Å²) < 4.78 is 0. The highest BCUT2D eigenvalue weighted by Gasteiger charge is 2.11. The van der Waals surface area contributed by atoms with Crippen molar-refractivity contribution in [1.82, 2.24) is 0 Å². The topological polar surface area (TPSA) is 66.4 Å². The zero-order valence-corrected chi connectivity index (χ0v) is 14.3. The lowest BCUT2D eigenvalue weighted by Gasteiger charge is -2.09. The van der Waals surface area contributed by atoms with Gasteiger partial charge in [0.1, 0.15) is 0 Å². The van der Waals surface area contributed by atoms with Gasteiger partial charge >= 0.3 is 5.97 Å². The summed E-state index contributed by atoms with van der Waals surface area (Å²) in [4.78, 5) is 23.3. The van der Waals surface area contributed by atoms with Crippen LogP contribution >= 0.6 is 11.8 Å². The van der Waals surface area contributed by atoms with Crippen molar-refractivity contribution in [1.29, 1.82) is 0 Å². The Morgan fingerprint density at radius 3 is 2.48 bits per heavy atom. The molecule has 0 fully saturated rings. The highest BCUT2D eigenvalue weighted by molar-refractivity contribution is 7.99. The first-order valence-corrected chi connectivity index (χ1v) is 8.97. The molecule has 0 aliphatic rings.